The maximum Gasteiger partial charge on any atom is 0.0682 e. The summed E-state index contributed by atoms with van der Waals surface area (Å²) < 4.78 is 0. The fraction of sp³-hybridized carbons (Fsp3) is 0.280. The van der Waals surface area contributed by atoms with E-state index < -0.39 is 5.41 Å². The van der Waals surface area contributed by atoms with Crippen LogP contribution in [0.2, 0.25) is 5.02 Å². The first-order chi connectivity index (χ1) is 13.7. The Morgan fingerprint density at radius 1 is 0.750 bits per heavy atom. The molecule has 3 aromatic rings. The molecule has 4 rings (SSSR count). The average Bonchev–Trinajstić information content (AvgIpc) is 3.25. The lowest BCUT2D eigenvalue weighted by molar-refractivity contribution is 0.243. The van der Waals surface area contributed by atoms with Crippen molar-refractivity contribution in [2.75, 3.05) is 19.7 Å². The van der Waals surface area contributed by atoms with Crippen LogP contribution < -0.4 is 0 Å². The number of aliphatic hydroxyl groups excluding tert-OH is 1. The van der Waals surface area contributed by atoms with Gasteiger partial charge in [-0.25, -0.2) is 0 Å². The summed E-state index contributed by atoms with van der Waals surface area (Å²) >= 11 is 6.13. The highest BCUT2D eigenvalue weighted by Crippen LogP contribution is 2.39. The highest BCUT2D eigenvalue weighted by Gasteiger charge is 2.35. The van der Waals surface area contributed by atoms with Gasteiger partial charge in [-0.05, 0) is 60.3 Å². The van der Waals surface area contributed by atoms with Gasteiger partial charge in [0, 0.05) is 11.6 Å². The number of benzene rings is 3. The van der Waals surface area contributed by atoms with Crippen LogP contribution in [0.25, 0.3) is 0 Å². The molecule has 1 unspecified atom stereocenters. The number of rotatable bonds is 6. The second kappa shape index (κ2) is 8.48. The lowest BCUT2D eigenvalue weighted by Gasteiger charge is -2.34. The molecule has 3 heteroatoms. The molecule has 0 radical (unpaired) electrons. The van der Waals surface area contributed by atoms with Crippen molar-refractivity contribution < 1.29 is 5.11 Å². The largest absolute Gasteiger partial charge is 0.395 e. The first-order valence-electron chi connectivity index (χ1n) is 9.96. The second-order valence-corrected chi connectivity index (χ2v) is 8.05. The van der Waals surface area contributed by atoms with E-state index in [4.69, 9.17) is 11.6 Å². The molecule has 1 aliphatic heterocycles. The van der Waals surface area contributed by atoms with Crippen molar-refractivity contribution in [3.8, 4) is 0 Å². The van der Waals surface area contributed by atoms with Gasteiger partial charge >= 0.3 is 0 Å². The van der Waals surface area contributed by atoms with E-state index in [2.05, 4.69) is 41.3 Å². The van der Waals surface area contributed by atoms with E-state index in [1.165, 1.54) is 31.5 Å². The topological polar surface area (TPSA) is 23.5 Å². The Kier molecular flexibility index (Phi) is 5.82. The van der Waals surface area contributed by atoms with Crippen molar-refractivity contribution in [1.29, 1.82) is 0 Å². The summed E-state index contributed by atoms with van der Waals surface area (Å²) in [5.41, 5.74) is 3.92. The Labute approximate surface area is 172 Å². The molecule has 0 aromatic heterocycles. The quantitative estimate of drug-likeness (QED) is 0.579. The summed E-state index contributed by atoms with van der Waals surface area (Å²) in [6.45, 7) is 3.37. The zero-order valence-corrected chi connectivity index (χ0v) is 16.8. The SMILES string of the molecule is OCC(c1ccccc1)(c1ccc(Cl)cc1)c1ccc(CN2CCCC2)cc1. The number of aliphatic hydroxyl groups is 1. The summed E-state index contributed by atoms with van der Waals surface area (Å²) in [7, 11) is 0. The maximum absolute atomic E-state index is 10.7. The Morgan fingerprint density at radius 2 is 1.29 bits per heavy atom. The lowest BCUT2D eigenvalue weighted by atomic mass is 9.70. The molecule has 144 valence electrons. The Bertz CT molecular complexity index is 886. The predicted molar refractivity (Wildman–Crippen MR) is 116 cm³/mol. The normalized spacial score (nSPS) is 16.8. The molecule has 0 bridgehead atoms. The van der Waals surface area contributed by atoms with Crippen molar-refractivity contribution in [3.63, 3.8) is 0 Å². The maximum atomic E-state index is 10.7. The highest BCUT2D eigenvalue weighted by molar-refractivity contribution is 6.30. The lowest BCUT2D eigenvalue weighted by Crippen LogP contribution is -2.33. The first kappa shape index (κ1) is 19.2. The Hall–Kier alpha value is -2.13. The highest BCUT2D eigenvalue weighted by atomic mass is 35.5. The van der Waals surface area contributed by atoms with Crippen LogP contribution in [-0.2, 0) is 12.0 Å². The molecule has 0 amide bonds. The van der Waals surface area contributed by atoms with Crippen LogP contribution in [0.3, 0.4) is 0 Å². The monoisotopic (exact) mass is 391 g/mol. The van der Waals surface area contributed by atoms with Gasteiger partial charge < -0.3 is 5.11 Å². The smallest absolute Gasteiger partial charge is 0.0682 e. The van der Waals surface area contributed by atoms with Gasteiger partial charge in [0.15, 0.2) is 0 Å². The van der Waals surface area contributed by atoms with Crippen molar-refractivity contribution in [2.45, 2.75) is 24.8 Å². The summed E-state index contributed by atoms with van der Waals surface area (Å²) in [6.07, 6.45) is 2.60. The summed E-state index contributed by atoms with van der Waals surface area (Å²) in [5.74, 6) is 0. The van der Waals surface area contributed by atoms with Crippen molar-refractivity contribution in [1.82, 2.24) is 4.90 Å². The van der Waals surface area contributed by atoms with E-state index in [0.29, 0.717) is 5.02 Å². The first-order valence-corrected chi connectivity index (χ1v) is 10.3. The minimum atomic E-state index is -0.613. The molecule has 1 fully saturated rings. The Balaban J connectivity index is 1.75. The minimum absolute atomic E-state index is 0.00980. The molecule has 2 nitrogen and oxygen atoms in total. The Morgan fingerprint density at radius 3 is 1.86 bits per heavy atom. The molecular weight excluding hydrogens is 366 g/mol. The molecule has 0 saturated carbocycles. The van der Waals surface area contributed by atoms with Gasteiger partial charge in [-0.1, -0.05) is 78.3 Å². The minimum Gasteiger partial charge on any atom is -0.395 e. The molecule has 1 aliphatic rings. The number of likely N-dealkylation sites (tertiary alicyclic amines) is 1. The van der Waals surface area contributed by atoms with E-state index in [-0.39, 0.29) is 6.61 Å². The van der Waals surface area contributed by atoms with Gasteiger partial charge in [0.05, 0.1) is 12.0 Å². The van der Waals surface area contributed by atoms with Crippen LogP contribution in [0.4, 0.5) is 0 Å². The molecule has 0 spiro atoms. The van der Waals surface area contributed by atoms with E-state index in [1.807, 2.05) is 42.5 Å². The summed E-state index contributed by atoms with van der Waals surface area (Å²) in [5, 5.41) is 11.4. The van der Waals surface area contributed by atoms with Crippen molar-refractivity contribution in [2.24, 2.45) is 0 Å². The standard InChI is InChI=1S/C25H26ClNO/c26-24-14-12-23(13-15-24)25(19-28,21-6-2-1-3-7-21)22-10-8-20(9-11-22)18-27-16-4-5-17-27/h1-3,6-15,28H,4-5,16-19H2. The van der Waals surface area contributed by atoms with E-state index in [9.17, 15) is 5.11 Å². The third kappa shape index (κ3) is 3.73. The summed E-state index contributed by atoms with van der Waals surface area (Å²) in [4.78, 5) is 2.50. The number of nitrogens with zero attached hydrogens (tertiary/aromatic N) is 1. The van der Waals surface area contributed by atoms with Crippen molar-refractivity contribution in [3.05, 3.63) is 106 Å². The number of hydrogen-bond donors (Lipinski definition) is 1. The van der Waals surface area contributed by atoms with Crippen LogP contribution in [0.5, 0.6) is 0 Å². The van der Waals surface area contributed by atoms with Gasteiger partial charge in [0.2, 0.25) is 0 Å². The van der Waals surface area contributed by atoms with E-state index in [1.54, 1.807) is 0 Å². The van der Waals surface area contributed by atoms with E-state index >= 15 is 0 Å². The third-order valence-corrected chi connectivity index (χ3v) is 6.14. The van der Waals surface area contributed by atoms with Crippen LogP contribution in [0.15, 0.2) is 78.9 Å². The fourth-order valence-electron chi connectivity index (χ4n) is 4.32. The molecule has 28 heavy (non-hydrogen) atoms. The third-order valence-electron chi connectivity index (χ3n) is 5.89. The molecule has 1 saturated heterocycles. The van der Waals surface area contributed by atoms with Crippen LogP contribution in [-0.4, -0.2) is 29.7 Å². The molecular formula is C25H26ClNO. The molecule has 1 N–H and O–H groups in total. The molecule has 1 atom stereocenters. The van der Waals surface area contributed by atoms with Gasteiger partial charge in [-0.2, -0.15) is 0 Å². The van der Waals surface area contributed by atoms with E-state index in [0.717, 1.165) is 23.2 Å². The number of hydrogen-bond acceptors (Lipinski definition) is 2. The molecule has 1 heterocycles. The summed E-state index contributed by atoms with van der Waals surface area (Å²) in [6, 6.07) is 26.8. The second-order valence-electron chi connectivity index (χ2n) is 7.62. The van der Waals surface area contributed by atoms with Gasteiger partial charge in [-0.15, -0.1) is 0 Å². The number of halogens is 1. The zero-order valence-electron chi connectivity index (χ0n) is 16.0. The molecule has 3 aromatic carbocycles. The fourth-order valence-corrected chi connectivity index (χ4v) is 4.45. The van der Waals surface area contributed by atoms with Crippen LogP contribution in [0.1, 0.15) is 35.1 Å². The average molecular weight is 392 g/mol. The van der Waals surface area contributed by atoms with Crippen LogP contribution in [0, 0.1) is 0 Å². The van der Waals surface area contributed by atoms with Gasteiger partial charge in [0.25, 0.3) is 0 Å². The van der Waals surface area contributed by atoms with Gasteiger partial charge in [-0.3, -0.25) is 4.90 Å². The van der Waals surface area contributed by atoms with Gasteiger partial charge in [0.1, 0.15) is 0 Å². The van der Waals surface area contributed by atoms with Crippen LogP contribution >= 0.6 is 11.6 Å². The predicted octanol–water partition coefficient (Wildman–Crippen LogP) is 5.26. The van der Waals surface area contributed by atoms with Crippen molar-refractivity contribution >= 4 is 11.6 Å². The molecule has 0 aliphatic carbocycles. The zero-order chi connectivity index (χ0) is 19.4.